The van der Waals surface area contributed by atoms with Crippen LogP contribution in [0.3, 0.4) is 0 Å². The first kappa shape index (κ1) is 12.3. The minimum absolute atomic E-state index is 0.780. The molecule has 2 N–H and O–H groups in total. The van der Waals surface area contributed by atoms with Crippen molar-refractivity contribution in [1.82, 2.24) is 4.98 Å². The summed E-state index contributed by atoms with van der Waals surface area (Å²) >= 11 is 5.39. The SMILES string of the molecule is NCCCCc1nc2c(s1)Cc1cc(Br)ccc1-2. The average Bonchev–Trinajstić information content (AvgIpc) is 2.85. The second-order valence-electron chi connectivity index (χ2n) is 4.60. The number of fused-ring (bicyclic) bond motifs is 3. The fourth-order valence-corrected chi connectivity index (χ4v) is 3.93. The van der Waals surface area contributed by atoms with Gasteiger partial charge in [0.2, 0.25) is 0 Å². The van der Waals surface area contributed by atoms with E-state index in [1.807, 2.05) is 11.3 Å². The van der Waals surface area contributed by atoms with Gasteiger partial charge in [-0.15, -0.1) is 11.3 Å². The molecule has 0 spiro atoms. The summed E-state index contributed by atoms with van der Waals surface area (Å²) in [6.07, 6.45) is 4.35. The Balaban J connectivity index is 1.84. The highest BCUT2D eigenvalue weighted by Crippen LogP contribution is 2.40. The Morgan fingerprint density at radius 3 is 3.06 bits per heavy atom. The fourth-order valence-electron chi connectivity index (χ4n) is 2.37. The van der Waals surface area contributed by atoms with Crippen molar-refractivity contribution < 1.29 is 0 Å². The summed E-state index contributed by atoms with van der Waals surface area (Å²) in [4.78, 5) is 6.22. The topological polar surface area (TPSA) is 38.9 Å². The van der Waals surface area contributed by atoms with Crippen molar-refractivity contribution >= 4 is 27.3 Å². The van der Waals surface area contributed by atoms with Crippen LogP contribution in [0.1, 0.15) is 28.3 Å². The second kappa shape index (κ2) is 5.11. The van der Waals surface area contributed by atoms with Gasteiger partial charge in [-0.25, -0.2) is 4.98 Å². The first-order valence-electron chi connectivity index (χ1n) is 6.25. The molecule has 1 aromatic heterocycles. The average molecular weight is 323 g/mol. The Morgan fingerprint density at radius 1 is 1.33 bits per heavy atom. The first-order chi connectivity index (χ1) is 8.78. The van der Waals surface area contributed by atoms with Gasteiger partial charge in [0.05, 0.1) is 10.7 Å². The van der Waals surface area contributed by atoms with Crippen molar-refractivity contribution in [3.05, 3.63) is 38.1 Å². The monoisotopic (exact) mass is 322 g/mol. The Kier molecular flexibility index (Phi) is 3.50. The molecule has 0 amide bonds. The lowest BCUT2D eigenvalue weighted by atomic mass is 10.1. The smallest absolute Gasteiger partial charge is 0.0935 e. The molecule has 3 rings (SSSR count). The first-order valence-corrected chi connectivity index (χ1v) is 7.86. The number of halogens is 1. The molecule has 0 aliphatic heterocycles. The lowest BCUT2D eigenvalue weighted by Gasteiger charge is -2.00. The minimum atomic E-state index is 0.780. The molecule has 1 aliphatic rings. The minimum Gasteiger partial charge on any atom is -0.330 e. The van der Waals surface area contributed by atoms with E-state index >= 15 is 0 Å². The summed E-state index contributed by atoms with van der Waals surface area (Å²) < 4.78 is 1.15. The van der Waals surface area contributed by atoms with E-state index < -0.39 is 0 Å². The summed E-state index contributed by atoms with van der Waals surface area (Å²) in [6, 6.07) is 6.48. The van der Waals surface area contributed by atoms with Crippen LogP contribution in [0.4, 0.5) is 0 Å². The van der Waals surface area contributed by atoms with E-state index in [-0.39, 0.29) is 0 Å². The summed E-state index contributed by atoms with van der Waals surface area (Å²) in [6.45, 7) is 0.780. The van der Waals surface area contributed by atoms with E-state index in [9.17, 15) is 0 Å². The molecule has 0 radical (unpaired) electrons. The molecule has 0 fully saturated rings. The molecule has 4 heteroatoms. The van der Waals surface area contributed by atoms with Crippen molar-refractivity contribution in [2.45, 2.75) is 25.7 Å². The lowest BCUT2D eigenvalue weighted by Crippen LogP contribution is -1.98. The molecular formula is C14H15BrN2S. The maximum Gasteiger partial charge on any atom is 0.0935 e. The van der Waals surface area contributed by atoms with Crippen LogP contribution in [0.15, 0.2) is 22.7 Å². The Morgan fingerprint density at radius 2 is 2.22 bits per heavy atom. The van der Waals surface area contributed by atoms with Crippen molar-refractivity contribution in [2.24, 2.45) is 5.73 Å². The highest BCUT2D eigenvalue weighted by Gasteiger charge is 2.23. The Bertz CT molecular complexity index is 577. The lowest BCUT2D eigenvalue weighted by molar-refractivity contribution is 0.742. The van der Waals surface area contributed by atoms with Gasteiger partial charge in [-0.1, -0.05) is 22.0 Å². The van der Waals surface area contributed by atoms with Crippen molar-refractivity contribution in [3.8, 4) is 11.3 Å². The number of nitrogens with zero attached hydrogens (tertiary/aromatic N) is 1. The van der Waals surface area contributed by atoms with E-state index in [1.165, 1.54) is 26.7 Å². The molecular weight excluding hydrogens is 308 g/mol. The summed E-state index contributed by atoms with van der Waals surface area (Å²) in [7, 11) is 0. The van der Waals surface area contributed by atoms with E-state index in [0.29, 0.717) is 0 Å². The van der Waals surface area contributed by atoms with Gasteiger partial charge in [0.1, 0.15) is 0 Å². The van der Waals surface area contributed by atoms with Crippen LogP contribution in [-0.2, 0) is 12.8 Å². The maximum absolute atomic E-state index is 5.52. The van der Waals surface area contributed by atoms with Gasteiger partial charge in [-0.3, -0.25) is 0 Å². The summed E-state index contributed by atoms with van der Waals surface area (Å²) in [5.41, 5.74) is 9.44. The quantitative estimate of drug-likeness (QED) is 0.743. The third-order valence-electron chi connectivity index (χ3n) is 3.26. The molecule has 0 unspecified atom stereocenters. The highest BCUT2D eigenvalue weighted by atomic mass is 79.9. The third-order valence-corrected chi connectivity index (χ3v) is 4.87. The van der Waals surface area contributed by atoms with Crippen LogP contribution in [0.5, 0.6) is 0 Å². The van der Waals surface area contributed by atoms with Crippen LogP contribution in [0.25, 0.3) is 11.3 Å². The molecule has 1 aromatic carbocycles. The molecule has 1 heterocycles. The standard InChI is InChI=1S/C14H15BrN2S/c15-10-4-5-11-9(7-10)8-12-14(11)17-13(18-12)3-1-2-6-16/h4-5,7H,1-3,6,8,16H2. The van der Waals surface area contributed by atoms with Gasteiger partial charge in [-0.05, 0) is 43.5 Å². The zero-order chi connectivity index (χ0) is 12.5. The molecule has 0 atom stereocenters. The molecule has 0 saturated carbocycles. The van der Waals surface area contributed by atoms with Crippen molar-refractivity contribution in [3.63, 3.8) is 0 Å². The molecule has 0 bridgehead atoms. The Hall–Kier alpha value is -0.710. The van der Waals surface area contributed by atoms with Gasteiger partial charge >= 0.3 is 0 Å². The van der Waals surface area contributed by atoms with Crippen molar-refractivity contribution in [2.75, 3.05) is 6.54 Å². The van der Waals surface area contributed by atoms with Crippen LogP contribution in [-0.4, -0.2) is 11.5 Å². The van der Waals surface area contributed by atoms with Crippen LogP contribution in [0.2, 0.25) is 0 Å². The number of aryl methyl sites for hydroxylation is 1. The zero-order valence-electron chi connectivity index (χ0n) is 10.1. The van der Waals surface area contributed by atoms with E-state index in [2.05, 4.69) is 34.1 Å². The van der Waals surface area contributed by atoms with Gasteiger partial charge in [0.25, 0.3) is 0 Å². The molecule has 18 heavy (non-hydrogen) atoms. The van der Waals surface area contributed by atoms with Gasteiger partial charge in [0.15, 0.2) is 0 Å². The maximum atomic E-state index is 5.52. The fraction of sp³-hybridized carbons (Fsp3) is 0.357. The number of unbranched alkanes of at least 4 members (excludes halogenated alkanes) is 1. The van der Waals surface area contributed by atoms with Gasteiger partial charge in [-0.2, -0.15) is 0 Å². The molecule has 94 valence electrons. The molecule has 2 aromatic rings. The normalized spacial score (nSPS) is 12.6. The number of rotatable bonds is 4. The Labute approximate surface area is 119 Å². The second-order valence-corrected chi connectivity index (χ2v) is 6.69. The summed E-state index contributed by atoms with van der Waals surface area (Å²) in [5, 5.41) is 1.27. The largest absolute Gasteiger partial charge is 0.330 e. The van der Waals surface area contributed by atoms with E-state index in [1.54, 1.807) is 0 Å². The van der Waals surface area contributed by atoms with Gasteiger partial charge < -0.3 is 5.73 Å². The third kappa shape index (κ3) is 2.25. The number of nitrogens with two attached hydrogens (primary N) is 1. The van der Waals surface area contributed by atoms with Crippen LogP contribution >= 0.6 is 27.3 Å². The summed E-state index contributed by atoms with van der Waals surface area (Å²) in [5.74, 6) is 0. The van der Waals surface area contributed by atoms with Crippen LogP contribution < -0.4 is 5.73 Å². The molecule has 2 nitrogen and oxygen atoms in total. The number of thiazole rings is 1. The predicted octanol–water partition coefficient (Wildman–Crippen LogP) is 3.76. The van der Waals surface area contributed by atoms with Crippen molar-refractivity contribution in [1.29, 1.82) is 0 Å². The van der Waals surface area contributed by atoms with Gasteiger partial charge in [0, 0.05) is 21.3 Å². The van der Waals surface area contributed by atoms with E-state index in [4.69, 9.17) is 10.7 Å². The number of benzene rings is 1. The number of hydrogen-bond donors (Lipinski definition) is 1. The van der Waals surface area contributed by atoms with E-state index in [0.717, 1.165) is 36.7 Å². The molecule has 1 aliphatic carbocycles. The van der Waals surface area contributed by atoms with Crippen LogP contribution in [0, 0.1) is 0 Å². The highest BCUT2D eigenvalue weighted by molar-refractivity contribution is 9.10. The number of hydrogen-bond acceptors (Lipinski definition) is 3. The number of aromatic nitrogens is 1. The predicted molar refractivity (Wildman–Crippen MR) is 80.0 cm³/mol. The molecule has 0 saturated heterocycles. The zero-order valence-corrected chi connectivity index (χ0v) is 12.5.